The second kappa shape index (κ2) is 10.3. The quantitative estimate of drug-likeness (QED) is 0.222. The molecule has 2 aromatic heterocycles. The highest BCUT2D eigenvalue weighted by Crippen LogP contribution is 2.26. The van der Waals surface area contributed by atoms with Gasteiger partial charge in [0.15, 0.2) is 11.5 Å². The predicted octanol–water partition coefficient (Wildman–Crippen LogP) is 5.16. The molecule has 0 saturated heterocycles. The lowest BCUT2D eigenvalue weighted by atomic mass is 10.1. The highest BCUT2D eigenvalue weighted by Gasteiger charge is 2.14. The van der Waals surface area contributed by atoms with Crippen LogP contribution in [-0.4, -0.2) is 22.5 Å². The van der Waals surface area contributed by atoms with Crippen LogP contribution in [-0.2, 0) is 6.54 Å². The van der Waals surface area contributed by atoms with Crippen LogP contribution in [0.5, 0.6) is 11.5 Å². The number of para-hydroxylation sites is 1. The van der Waals surface area contributed by atoms with Crippen LogP contribution in [0.2, 0.25) is 0 Å². The van der Waals surface area contributed by atoms with Crippen LogP contribution >= 0.6 is 11.3 Å². The second-order valence-electron chi connectivity index (χ2n) is 7.40. The standard InChI is InChI=1S/C25H25N3O4S/c1-3-5-12-28-20(19-14-18-8-6-7-9-22(18)32-24(19)30)16-33-25(28)27-26-15-17-10-11-21(29)23(13-17)31-4-2/h6-11,13-16,29H,3-5,12H2,1-2H3/b26-15+,27-25+. The zero-order valence-corrected chi connectivity index (χ0v) is 19.3. The predicted molar refractivity (Wildman–Crippen MR) is 131 cm³/mol. The summed E-state index contributed by atoms with van der Waals surface area (Å²) in [5.41, 5.74) is 2.22. The van der Waals surface area contributed by atoms with Gasteiger partial charge in [0.25, 0.3) is 0 Å². The van der Waals surface area contributed by atoms with Crippen molar-refractivity contribution in [2.24, 2.45) is 10.2 Å². The Hall–Kier alpha value is -3.65. The molecule has 0 bridgehead atoms. The van der Waals surface area contributed by atoms with Crippen molar-refractivity contribution in [1.29, 1.82) is 0 Å². The van der Waals surface area contributed by atoms with E-state index >= 15 is 0 Å². The number of nitrogens with zero attached hydrogens (tertiary/aromatic N) is 3. The van der Waals surface area contributed by atoms with Gasteiger partial charge in [0.05, 0.1) is 24.1 Å². The van der Waals surface area contributed by atoms with E-state index in [1.165, 1.54) is 11.3 Å². The van der Waals surface area contributed by atoms with Gasteiger partial charge in [-0.1, -0.05) is 31.5 Å². The molecule has 0 amide bonds. The smallest absolute Gasteiger partial charge is 0.345 e. The van der Waals surface area contributed by atoms with Gasteiger partial charge in [0, 0.05) is 17.3 Å². The van der Waals surface area contributed by atoms with Gasteiger partial charge < -0.3 is 18.8 Å². The number of hydrogen-bond donors (Lipinski definition) is 1. The molecule has 2 aromatic carbocycles. The maximum atomic E-state index is 12.7. The van der Waals surface area contributed by atoms with E-state index in [9.17, 15) is 9.90 Å². The number of phenols is 1. The highest BCUT2D eigenvalue weighted by atomic mass is 32.1. The summed E-state index contributed by atoms with van der Waals surface area (Å²) in [7, 11) is 0. The van der Waals surface area contributed by atoms with Crippen LogP contribution in [0.4, 0.5) is 0 Å². The summed E-state index contributed by atoms with van der Waals surface area (Å²) in [6.45, 7) is 5.14. The normalized spacial score (nSPS) is 12.1. The molecule has 0 aliphatic rings. The van der Waals surface area contributed by atoms with Crippen LogP contribution in [0.25, 0.3) is 22.2 Å². The largest absolute Gasteiger partial charge is 0.504 e. The Labute approximate surface area is 194 Å². The molecule has 0 aliphatic carbocycles. The van der Waals surface area contributed by atoms with Crippen LogP contribution in [0, 0.1) is 0 Å². The number of phenolic OH excluding ortho intramolecular Hbond substituents is 1. The van der Waals surface area contributed by atoms with E-state index in [0.717, 1.165) is 29.5 Å². The molecule has 8 heteroatoms. The van der Waals surface area contributed by atoms with E-state index in [2.05, 4.69) is 17.1 Å². The summed E-state index contributed by atoms with van der Waals surface area (Å²) >= 11 is 1.42. The maximum absolute atomic E-state index is 12.7. The van der Waals surface area contributed by atoms with Crippen molar-refractivity contribution in [3.8, 4) is 22.8 Å². The molecule has 0 fully saturated rings. The maximum Gasteiger partial charge on any atom is 0.345 e. The molecule has 0 radical (unpaired) electrons. The third kappa shape index (κ3) is 5.06. The van der Waals surface area contributed by atoms with Gasteiger partial charge >= 0.3 is 5.63 Å². The first-order chi connectivity index (χ1) is 16.1. The van der Waals surface area contributed by atoms with Crippen molar-refractivity contribution in [3.63, 3.8) is 0 Å². The number of aromatic hydroxyl groups is 1. The lowest BCUT2D eigenvalue weighted by molar-refractivity contribution is 0.318. The minimum Gasteiger partial charge on any atom is -0.504 e. The molecule has 7 nitrogen and oxygen atoms in total. The monoisotopic (exact) mass is 463 g/mol. The van der Waals surface area contributed by atoms with Crippen LogP contribution in [0.15, 0.2) is 73.3 Å². The fourth-order valence-corrected chi connectivity index (χ4v) is 4.31. The first-order valence-electron chi connectivity index (χ1n) is 10.8. The average molecular weight is 464 g/mol. The molecule has 0 aliphatic heterocycles. The van der Waals surface area contributed by atoms with Crippen LogP contribution < -0.4 is 15.2 Å². The lowest BCUT2D eigenvalue weighted by Gasteiger charge is -2.08. The second-order valence-corrected chi connectivity index (χ2v) is 8.24. The number of hydrogen-bond acceptors (Lipinski definition) is 7. The summed E-state index contributed by atoms with van der Waals surface area (Å²) in [4.78, 5) is 13.4. The molecule has 2 heterocycles. The SMILES string of the molecule is CCCCn1c(-c2cc3ccccc3oc2=O)cs/c1=N/N=C/c1ccc(O)c(OCC)c1. The molecule has 1 N–H and O–H groups in total. The fourth-order valence-electron chi connectivity index (χ4n) is 3.43. The summed E-state index contributed by atoms with van der Waals surface area (Å²) < 4.78 is 13.0. The van der Waals surface area contributed by atoms with Crippen molar-refractivity contribution >= 4 is 28.5 Å². The van der Waals surface area contributed by atoms with Gasteiger partial charge in [-0.2, -0.15) is 5.10 Å². The Kier molecular flexibility index (Phi) is 7.04. The number of thiazole rings is 1. The van der Waals surface area contributed by atoms with Gasteiger partial charge in [0.2, 0.25) is 4.80 Å². The van der Waals surface area contributed by atoms with Crippen LogP contribution in [0.1, 0.15) is 32.3 Å². The van der Waals surface area contributed by atoms with Gasteiger partial charge in [-0.05, 0) is 49.2 Å². The molecule has 4 aromatic rings. The lowest BCUT2D eigenvalue weighted by Crippen LogP contribution is -2.17. The summed E-state index contributed by atoms with van der Waals surface area (Å²) in [6, 6.07) is 14.4. The van der Waals surface area contributed by atoms with Crippen molar-refractivity contribution in [1.82, 2.24) is 4.57 Å². The van der Waals surface area contributed by atoms with E-state index in [4.69, 9.17) is 9.15 Å². The number of aromatic nitrogens is 1. The van der Waals surface area contributed by atoms with E-state index in [-0.39, 0.29) is 11.4 Å². The summed E-state index contributed by atoms with van der Waals surface area (Å²) in [5.74, 6) is 0.487. The molecule has 170 valence electrons. The minimum atomic E-state index is -0.376. The summed E-state index contributed by atoms with van der Waals surface area (Å²) in [5, 5.41) is 21.3. The van der Waals surface area contributed by atoms with Gasteiger partial charge in [-0.3, -0.25) is 0 Å². The summed E-state index contributed by atoms with van der Waals surface area (Å²) in [6.07, 6.45) is 3.55. The van der Waals surface area contributed by atoms with Crippen molar-refractivity contribution in [2.45, 2.75) is 33.2 Å². The van der Waals surface area contributed by atoms with Crippen molar-refractivity contribution in [3.05, 3.63) is 74.7 Å². The van der Waals surface area contributed by atoms with E-state index in [1.54, 1.807) is 30.5 Å². The molecular formula is C25H25N3O4S. The number of unbranched alkanes of at least 4 members (excludes halogenated alkanes) is 1. The van der Waals surface area contributed by atoms with Gasteiger partial charge in [0.1, 0.15) is 5.58 Å². The number of benzene rings is 2. The van der Waals surface area contributed by atoms with Gasteiger partial charge in [-0.15, -0.1) is 16.4 Å². The third-order valence-corrected chi connectivity index (χ3v) is 5.94. The Morgan fingerprint density at radius 2 is 2.03 bits per heavy atom. The number of fused-ring (bicyclic) bond motifs is 1. The Balaban J connectivity index is 1.72. The van der Waals surface area contributed by atoms with E-state index in [0.29, 0.717) is 34.8 Å². The highest BCUT2D eigenvalue weighted by molar-refractivity contribution is 7.07. The molecule has 0 saturated carbocycles. The molecule has 0 unspecified atom stereocenters. The minimum absolute atomic E-state index is 0.0838. The zero-order chi connectivity index (χ0) is 23.2. The van der Waals surface area contributed by atoms with E-state index in [1.807, 2.05) is 41.1 Å². The average Bonchev–Trinajstić information content (AvgIpc) is 3.21. The van der Waals surface area contributed by atoms with E-state index < -0.39 is 0 Å². The van der Waals surface area contributed by atoms with Crippen molar-refractivity contribution < 1.29 is 14.3 Å². The molecule has 33 heavy (non-hydrogen) atoms. The van der Waals surface area contributed by atoms with Crippen LogP contribution in [0.3, 0.4) is 0 Å². The zero-order valence-electron chi connectivity index (χ0n) is 18.5. The first-order valence-corrected chi connectivity index (χ1v) is 11.7. The Morgan fingerprint density at radius 1 is 1.18 bits per heavy atom. The van der Waals surface area contributed by atoms with Gasteiger partial charge in [-0.25, -0.2) is 4.79 Å². The number of ether oxygens (including phenoxy) is 1. The first kappa shape index (κ1) is 22.5. The molecular weight excluding hydrogens is 438 g/mol. The molecule has 0 atom stereocenters. The topological polar surface area (TPSA) is 89.3 Å². The molecule has 0 spiro atoms. The Bertz CT molecular complexity index is 1420. The number of rotatable bonds is 8. The Morgan fingerprint density at radius 3 is 2.85 bits per heavy atom. The van der Waals surface area contributed by atoms with Crippen molar-refractivity contribution in [2.75, 3.05) is 6.61 Å². The fraction of sp³-hybridized carbons (Fsp3) is 0.240. The molecule has 4 rings (SSSR count). The third-order valence-electron chi connectivity index (χ3n) is 5.08.